The molecule has 4 rings (SSSR count). The number of ether oxygens (including phenoxy) is 1. The smallest absolute Gasteiger partial charge is 0.257 e. The van der Waals surface area contributed by atoms with Gasteiger partial charge >= 0.3 is 0 Å². The van der Waals surface area contributed by atoms with Crippen molar-refractivity contribution in [3.8, 4) is 17.0 Å². The molecule has 32 heavy (non-hydrogen) atoms. The Bertz CT molecular complexity index is 1150. The van der Waals surface area contributed by atoms with Crippen LogP contribution in [0.4, 0.5) is 5.13 Å². The number of aromatic nitrogens is 1. The van der Waals surface area contributed by atoms with Gasteiger partial charge in [-0.25, -0.2) is 4.98 Å². The van der Waals surface area contributed by atoms with Gasteiger partial charge in [0.15, 0.2) is 5.13 Å². The van der Waals surface area contributed by atoms with Gasteiger partial charge < -0.3 is 4.74 Å². The lowest BCUT2D eigenvalue weighted by Crippen LogP contribution is -2.14. The number of aryl methyl sites for hydroxylation is 2. The van der Waals surface area contributed by atoms with E-state index >= 15 is 0 Å². The van der Waals surface area contributed by atoms with Crippen molar-refractivity contribution in [3.05, 3.63) is 101 Å². The Labute approximate surface area is 192 Å². The summed E-state index contributed by atoms with van der Waals surface area (Å²) in [6.07, 6.45) is 2.68. The molecule has 0 unspecified atom stereocenters. The van der Waals surface area contributed by atoms with Crippen molar-refractivity contribution in [2.45, 2.75) is 26.2 Å². The number of rotatable bonds is 9. The first-order valence-corrected chi connectivity index (χ1v) is 11.7. The van der Waals surface area contributed by atoms with Crippen LogP contribution in [-0.2, 0) is 12.8 Å². The SMILES string of the molecule is CCCOc1ccc(-c2csc(NC(=O)c3ccccc3CCc3ccccc3)n2)cc1. The van der Waals surface area contributed by atoms with Crippen LogP contribution in [0.15, 0.2) is 84.2 Å². The number of hydrogen-bond acceptors (Lipinski definition) is 4. The first kappa shape index (κ1) is 21.8. The lowest BCUT2D eigenvalue weighted by atomic mass is 9.99. The molecule has 1 heterocycles. The molecule has 3 aromatic carbocycles. The third kappa shape index (κ3) is 5.62. The molecule has 5 heteroatoms. The maximum Gasteiger partial charge on any atom is 0.257 e. The van der Waals surface area contributed by atoms with Crippen molar-refractivity contribution >= 4 is 22.4 Å². The third-order valence-corrected chi connectivity index (χ3v) is 5.89. The summed E-state index contributed by atoms with van der Waals surface area (Å²) in [6, 6.07) is 26.0. The molecule has 1 amide bonds. The number of nitrogens with one attached hydrogen (secondary N) is 1. The van der Waals surface area contributed by atoms with E-state index in [4.69, 9.17) is 4.74 Å². The monoisotopic (exact) mass is 442 g/mol. The molecule has 0 aliphatic rings. The van der Waals surface area contributed by atoms with E-state index < -0.39 is 0 Å². The number of benzene rings is 3. The van der Waals surface area contributed by atoms with E-state index in [2.05, 4.69) is 29.4 Å². The van der Waals surface area contributed by atoms with E-state index in [-0.39, 0.29) is 5.91 Å². The molecule has 1 N–H and O–H groups in total. The molecule has 0 fully saturated rings. The van der Waals surface area contributed by atoms with Gasteiger partial charge in [0.25, 0.3) is 5.91 Å². The zero-order valence-electron chi connectivity index (χ0n) is 18.1. The Balaban J connectivity index is 1.42. The number of hydrogen-bond donors (Lipinski definition) is 1. The molecule has 162 valence electrons. The number of amides is 1. The maximum atomic E-state index is 13.0. The van der Waals surface area contributed by atoms with Crippen molar-refractivity contribution in [2.24, 2.45) is 0 Å². The second-order valence-electron chi connectivity index (χ2n) is 7.51. The Morgan fingerprint density at radius 2 is 1.69 bits per heavy atom. The topological polar surface area (TPSA) is 51.2 Å². The fraction of sp³-hybridized carbons (Fsp3) is 0.185. The molecule has 0 aliphatic carbocycles. The van der Waals surface area contributed by atoms with Gasteiger partial charge in [-0.05, 0) is 60.7 Å². The van der Waals surface area contributed by atoms with E-state index in [9.17, 15) is 4.79 Å². The number of nitrogens with zero attached hydrogens (tertiary/aromatic N) is 1. The lowest BCUT2D eigenvalue weighted by Gasteiger charge is -2.09. The summed E-state index contributed by atoms with van der Waals surface area (Å²) >= 11 is 1.43. The zero-order chi connectivity index (χ0) is 22.2. The molecule has 4 nitrogen and oxygen atoms in total. The first-order valence-electron chi connectivity index (χ1n) is 10.8. The highest BCUT2D eigenvalue weighted by Gasteiger charge is 2.14. The number of carbonyl (C=O) groups excluding carboxylic acids is 1. The summed E-state index contributed by atoms with van der Waals surface area (Å²) in [4.78, 5) is 17.6. The molecule has 1 aromatic heterocycles. The summed E-state index contributed by atoms with van der Waals surface area (Å²) in [5.41, 5.74) is 4.82. The molecule has 4 aromatic rings. The summed E-state index contributed by atoms with van der Waals surface area (Å²) in [7, 11) is 0. The van der Waals surface area contributed by atoms with Crippen molar-refractivity contribution in [1.29, 1.82) is 0 Å². The molecule has 0 aliphatic heterocycles. The average molecular weight is 443 g/mol. The minimum absolute atomic E-state index is 0.127. The second-order valence-corrected chi connectivity index (χ2v) is 8.37. The highest BCUT2D eigenvalue weighted by molar-refractivity contribution is 7.14. The van der Waals surface area contributed by atoms with Crippen molar-refractivity contribution in [1.82, 2.24) is 4.98 Å². The number of thiazole rings is 1. The standard InChI is InChI=1S/C27H26N2O2S/c1-2-18-31-23-16-14-22(15-17-23)25-19-32-27(28-25)29-26(30)24-11-7-6-10-21(24)13-12-20-8-4-3-5-9-20/h3-11,14-17,19H,2,12-13,18H2,1H3,(H,28,29,30). The van der Waals surface area contributed by atoms with E-state index in [1.54, 1.807) is 0 Å². The van der Waals surface area contributed by atoms with Crippen LogP contribution < -0.4 is 10.1 Å². The van der Waals surface area contributed by atoms with Crippen LogP contribution >= 0.6 is 11.3 Å². The van der Waals surface area contributed by atoms with Gasteiger partial charge in [-0.1, -0.05) is 55.5 Å². The third-order valence-electron chi connectivity index (χ3n) is 5.14. The Morgan fingerprint density at radius 1 is 0.938 bits per heavy atom. The average Bonchev–Trinajstić information content (AvgIpc) is 3.31. The van der Waals surface area contributed by atoms with Crippen LogP contribution in [0.5, 0.6) is 5.75 Å². The highest BCUT2D eigenvalue weighted by atomic mass is 32.1. The highest BCUT2D eigenvalue weighted by Crippen LogP contribution is 2.27. The van der Waals surface area contributed by atoms with Crippen LogP contribution in [0.25, 0.3) is 11.3 Å². The van der Waals surface area contributed by atoms with E-state index in [1.807, 2.05) is 72.1 Å². The van der Waals surface area contributed by atoms with Crippen LogP contribution in [0.1, 0.15) is 34.8 Å². The quantitative estimate of drug-likeness (QED) is 0.316. The second kappa shape index (κ2) is 10.7. The molecule has 0 radical (unpaired) electrons. The number of anilines is 1. The predicted octanol–water partition coefficient (Wildman–Crippen LogP) is 6.64. The molecular weight excluding hydrogens is 416 g/mol. The van der Waals surface area contributed by atoms with Crippen molar-refractivity contribution in [2.75, 3.05) is 11.9 Å². The van der Waals surface area contributed by atoms with Crippen LogP contribution in [-0.4, -0.2) is 17.5 Å². The van der Waals surface area contributed by atoms with Gasteiger partial charge in [-0.3, -0.25) is 10.1 Å². The van der Waals surface area contributed by atoms with E-state index in [0.717, 1.165) is 41.8 Å². The maximum absolute atomic E-state index is 13.0. The summed E-state index contributed by atoms with van der Waals surface area (Å²) in [5, 5.41) is 5.52. The van der Waals surface area contributed by atoms with Gasteiger partial charge in [0.1, 0.15) is 5.75 Å². The molecular formula is C27H26N2O2S. The van der Waals surface area contributed by atoms with Gasteiger partial charge in [0.05, 0.1) is 12.3 Å². The normalized spacial score (nSPS) is 10.7. The van der Waals surface area contributed by atoms with Gasteiger partial charge in [0.2, 0.25) is 0 Å². The zero-order valence-corrected chi connectivity index (χ0v) is 18.9. The molecule has 0 bridgehead atoms. The Kier molecular flexibility index (Phi) is 7.31. The minimum Gasteiger partial charge on any atom is -0.494 e. The van der Waals surface area contributed by atoms with E-state index in [1.165, 1.54) is 16.9 Å². The molecule has 0 spiro atoms. The molecule has 0 atom stereocenters. The summed E-state index contributed by atoms with van der Waals surface area (Å²) < 4.78 is 5.64. The molecule has 0 saturated heterocycles. The van der Waals surface area contributed by atoms with Gasteiger partial charge in [0, 0.05) is 16.5 Å². The summed E-state index contributed by atoms with van der Waals surface area (Å²) in [6.45, 7) is 2.79. The van der Waals surface area contributed by atoms with Crippen LogP contribution in [0.2, 0.25) is 0 Å². The minimum atomic E-state index is -0.127. The van der Waals surface area contributed by atoms with Crippen molar-refractivity contribution in [3.63, 3.8) is 0 Å². The first-order chi connectivity index (χ1) is 15.7. The van der Waals surface area contributed by atoms with E-state index in [0.29, 0.717) is 17.3 Å². The fourth-order valence-corrected chi connectivity index (χ4v) is 4.17. The fourth-order valence-electron chi connectivity index (χ4n) is 3.45. The largest absolute Gasteiger partial charge is 0.494 e. The lowest BCUT2D eigenvalue weighted by molar-refractivity contribution is 0.102. The summed E-state index contributed by atoms with van der Waals surface area (Å²) in [5.74, 6) is 0.726. The van der Waals surface area contributed by atoms with Gasteiger partial charge in [-0.15, -0.1) is 11.3 Å². The number of carbonyl (C=O) groups is 1. The van der Waals surface area contributed by atoms with Crippen molar-refractivity contribution < 1.29 is 9.53 Å². The van der Waals surface area contributed by atoms with Gasteiger partial charge in [-0.2, -0.15) is 0 Å². The van der Waals surface area contributed by atoms with Crippen LogP contribution in [0, 0.1) is 0 Å². The molecule has 0 saturated carbocycles. The van der Waals surface area contributed by atoms with Crippen LogP contribution in [0.3, 0.4) is 0 Å². The Morgan fingerprint density at radius 3 is 2.47 bits per heavy atom. The predicted molar refractivity (Wildman–Crippen MR) is 132 cm³/mol. The Hall–Kier alpha value is -3.44.